The van der Waals surface area contributed by atoms with Crippen LogP contribution in [0.1, 0.15) is 0 Å². The zero-order valence-corrected chi connectivity index (χ0v) is 14.2. The second kappa shape index (κ2) is 6.64. The van der Waals surface area contributed by atoms with E-state index in [0.29, 0.717) is 18.0 Å². The quantitative estimate of drug-likeness (QED) is 0.730. The molecule has 0 spiro atoms. The molecule has 0 unspecified atom stereocenters. The Morgan fingerprint density at radius 1 is 1.04 bits per heavy atom. The Morgan fingerprint density at radius 3 is 2.52 bits per heavy atom. The molecule has 0 aliphatic carbocycles. The number of para-hydroxylation sites is 1. The largest absolute Gasteiger partial charge is 0.497 e. The van der Waals surface area contributed by atoms with Crippen LogP contribution in [0.15, 0.2) is 57.7 Å². The minimum Gasteiger partial charge on any atom is -0.497 e. The van der Waals surface area contributed by atoms with Crippen LogP contribution < -0.4 is 15.4 Å². The van der Waals surface area contributed by atoms with Crippen LogP contribution in [0.5, 0.6) is 5.75 Å². The molecule has 6 nitrogen and oxygen atoms in total. The van der Waals surface area contributed by atoms with E-state index < -0.39 is 0 Å². The van der Waals surface area contributed by atoms with Crippen LogP contribution in [0, 0.1) is 0 Å². The molecule has 130 valence electrons. The standard InChI is InChI=1S/C19H21N3O3/c1-24-16-7-8-17-18(13-16)25-19(23)22(17)14-20-9-11-21(12-10-20)15-5-3-2-4-6-15/h2-8,13H,9-12,14H2,1H3. The lowest BCUT2D eigenvalue weighted by atomic mass is 10.2. The van der Waals surface area contributed by atoms with Gasteiger partial charge < -0.3 is 14.1 Å². The molecular weight excluding hydrogens is 318 g/mol. The third-order valence-electron chi connectivity index (χ3n) is 4.71. The molecule has 2 aromatic carbocycles. The van der Waals surface area contributed by atoms with Crippen LogP contribution in [0.2, 0.25) is 0 Å². The summed E-state index contributed by atoms with van der Waals surface area (Å²) in [4.78, 5) is 16.9. The Kier molecular flexibility index (Phi) is 4.19. The van der Waals surface area contributed by atoms with Gasteiger partial charge in [0.15, 0.2) is 5.58 Å². The van der Waals surface area contributed by atoms with E-state index in [4.69, 9.17) is 9.15 Å². The van der Waals surface area contributed by atoms with Crippen LogP contribution in [0.25, 0.3) is 11.1 Å². The maximum atomic E-state index is 12.2. The van der Waals surface area contributed by atoms with Gasteiger partial charge in [0.05, 0.1) is 19.3 Å². The van der Waals surface area contributed by atoms with E-state index in [1.807, 2.05) is 18.2 Å². The number of ether oxygens (including phenoxy) is 1. The van der Waals surface area contributed by atoms with Crippen molar-refractivity contribution in [1.29, 1.82) is 0 Å². The van der Waals surface area contributed by atoms with Crippen molar-refractivity contribution in [3.8, 4) is 5.75 Å². The SMILES string of the molecule is COc1ccc2c(c1)oc(=O)n2CN1CCN(c2ccccc2)CC1. The predicted molar refractivity (Wildman–Crippen MR) is 97.3 cm³/mol. The first-order valence-corrected chi connectivity index (χ1v) is 8.44. The summed E-state index contributed by atoms with van der Waals surface area (Å²) >= 11 is 0. The monoisotopic (exact) mass is 339 g/mol. The minimum atomic E-state index is -0.325. The number of hydrogen-bond acceptors (Lipinski definition) is 5. The van der Waals surface area contributed by atoms with Gasteiger partial charge in [-0.1, -0.05) is 18.2 Å². The number of piperazine rings is 1. The highest BCUT2D eigenvalue weighted by Gasteiger charge is 2.19. The Labute approximate surface area is 145 Å². The van der Waals surface area contributed by atoms with Gasteiger partial charge in [-0.15, -0.1) is 0 Å². The molecule has 1 fully saturated rings. The minimum absolute atomic E-state index is 0.325. The van der Waals surface area contributed by atoms with E-state index in [0.717, 1.165) is 31.7 Å². The van der Waals surface area contributed by atoms with Crippen LogP contribution in [0.3, 0.4) is 0 Å². The number of nitrogens with zero attached hydrogens (tertiary/aromatic N) is 3. The summed E-state index contributed by atoms with van der Waals surface area (Å²) in [5, 5.41) is 0. The Balaban J connectivity index is 1.48. The molecule has 1 aliphatic rings. The summed E-state index contributed by atoms with van der Waals surface area (Å²) in [5.41, 5.74) is 2.61. The molecule has 6 heteroatoms. The number of methoxy groups -OCH3 is 1. The van der Waals surface area contributed by atoms with E-state index in [2.05, 4.69) is 34.1 Å². The van der Waals surface area contributed by atoms with Crippen molar-refractivity contribution in [2.75, 3.05) is 38.2 Å². The van der Waals surface area contributed by atoms with E-state index >= 15 is 0 Å². The number of anilines is 1. The van der Waals surface area contributed by atoms with Gasteiger partial charge in [0.1, 0.15) is 5.75 Å². The molecule has 25 heavy (non-hydrogen) atoms. The molecule has 0 amide bonds. The fraction of sp³-hybridized carbons (Fsp3) is 0.316. The van der Waals surface area contributed by atoms with Gasteiger partial charge in [-0.3, -0.25) is 9.47 Å². The maximum Gasteiger partial charge on any atom is 0.421 e. The summed E-state index contributed by atoms with van der Waals surface area (Å²) < 4.78 is 12.2. The molecule has 0 atom stereocenters. The van der Waals surface area contributed by atoms with E-state index in [1.165, 1.54) is 5.69 Å². The van der Waals surface area contributed by atoms with Gasteiger partial charge in [0.2, 0.25) is 0 Å². The van der Waals surface area contributed by atoms with Crippen LogP contribution >= 0.6 is 0 Å². The van der Waals surface area contributed by atoms with Gasteiger partial charge in [-0.25, -0.2) is 4.79 Å². The van der Waals surface area contributed by atoms with Gasteiger partial charge in [-0.05, 0) is 24.3 Å². The van der Waals surface area contributed by atoms with Crippen molar-refractivity contribution < 1.29 is 9.15 Å². The first-order chi connectivity index (χ1) is 12.2. The number of aromatic nitrogens is 1. The molecule has 3 aromatic rings. The number of rotatable bonds is 4. The molecule has 1 aromatic heterocycles. The molecule has 0 bridgehead atoms. The Bertz CT molecular complexity index is 909. The molecule has 2 heterocycles. The topological polar surface area (TPSA) is 50.9 Å². The van der Waals surface area contributed by atoms with Crippen LogP contribution in [0.4, 0.5) is 5.69 Å². The van der Waals surface area contributed by atoms with E-state index in [9.17, 15) is 4.79 Å². The first-order valence-electron chi connectivity index (χ1n) is 8.44. The Morgan fingerprint density at radius 2 is 1.80 bits per heavy atom. The highest BCUT2D eigenvalue weighted by molar-refractivity contribution is 5.74. The normalized spacial score (nSPS) is 15.6. The average molecular weight is 339 g/mol. The van der Waals surface area contributed by atoms with Gasteiger partial charge in [0, 0.05) is 37.9 Å². The van der Waals surface area contributed by atoms with Crippen molar-refractivity contribution in [3.05, 3.63) is 59.1 Å². The summed E-state index contributed by atoms with van der Waals surface area (Å²) in [6.07, 6.45) is 0. The summed E-state index contributed by atoms with van der Waals surface area (Å²) in [7, 11) is 1.60. The lowest BCUT2D eigenvalue weighted by Crippen LogP contribution is -2.47. The fourth-order valence-corrected chi connectivity index (χ4v) is 3.29. The highest BCUT2D eigenvalue weighted by atomic mass is 16.5. The van der Waals surface area contributed by atoms with Crippen molar-refractivity contribution in [2.24, 2.45) is 0 Å². The summed E-state index contributed by atoms with van der Waals surface area (Å²) in [6, 6.07) is 15.9. The third kappa shape index (κ3) is 3.13. The van der Waals surface area contributed by atoms with Crippen molar-refractivity contribution in [2.45, 2.75) is 6.67 Å². The lowest BCUT2D eigenvalue weighted by Gasteiger charge is -2.36. The van der Waals surface area contributed by atoms with Crippen molar-refractivity contribution in [3.63, 3.8) is 0 Å². The van der Waals surface area contributed by atoms with E-state index in [1.54, 1.807) is 17.7 Å². The number of fused-ring (bicyclic) bond motifs is 1. The number of oxazole rings is 1. The molecular formula is C19H21N3O3. The average Bonchev–Trinajstić information content (AvgIpc) is 2.97. The zero-order chi connectivity index (χ0) is 17.2. The van der Waals surface area contributed by atoms with Gasteiger partial charge in [-0.2, -0.15) is 0 Å². The van der Waals surface area contributed by atoms with Gasteiger partial charge >= 0.3 is 5.76 Å². The van der Waals surface area contributed by atoms with Gasteiger partial charge in [0.25, 0.3) is 0 Å². The molecule has 0 saturated carbocycles. The second-order valence-corrected chi connectivity index (χ2v) is 6.21. The first kappa shape index (κ1) is 15.8. The smallest absolute Gasteiger partial charge is 0.421 e. The molecule has 4 rings (SSSR count). The molecule has 1 aliphatic heterocycles. The summed E-state index contributed by atoms with van der Waals surface area (Å²) in [6.45, 7) is 4.25. The van der Waals surface area contributed by atoms with Crippen molar-refractivity contribution in [1.82, 2.24) is 9.47 Å². The fourth-order valence-electron chi connectivity index (χ4n) is 3.29. The highest BCUT2D eigenvalue weighted by Crippen LogP contribution is 2.21. The van der Waals surface area contributed by atoms with Crippen LogP contribution in [-0.2, 0) is 6.67 Å². The summed E-state index contributed by atoms with van der Waals surface area (Å²) in [5.74, 6) is 0.360. The molecule has 0 radical (unpaired) electrons. The second-order valence-electron chi connectivity index (χ2n) is 6.21. The molecule has 1 saturated heterocycles. The number of benzene rings is 2. The third-order valence-corrected chi connectivity index (χ3v) is 4.71. The maximum absolute atomic E-state index is 12.2. The van der Waals surface area contributed by atoms with Crippen LogP contribution in [-0.4, -0.2) is 42.8 Å². The molecule has 0 N–H and O–H groups in total. The number of hydrogen-bond donors (Lipinski definition) is 0. The Hall–Kier alpha value is -2.73. The van der Waals surface area contributed by atoms with Crippen molar-refractivity contribution >= 4 is 16.8 Å². The zero-order valence-electron chi connectivity index (χ0n) is 14.2. The van der Waals surface area contributed by atoms with E-state index in [-0.39, 0.29) is 5.76 Å². The predicted octanol–water partition coefficient (Wildman–Crippen LogP) is 2.38. The lowest BCUT2D eigenvalue weighted by molar-refractivity contribution is 0.202.